The van der Waals surface area contributed by atoms with Gasteiger partial charge in [0.1, 0.15) is 0 Å². The molecular formula is C18H18O2. The van der Waals surface area contributed by atoms with Gasteiger partial charge >= 0.3 is 5.97 Å². The molecule has 0 unspecified atom stereocenters. The summed E-state index contributed by atoms with van der Waals surface area (Å²) in [6, 6.07) is 16.7. The van der Waals surface area contributed by atoms with Gasteiger partial charge in [-0.1, -0.05) is 42.5 Å². The second-order valence-electron chi connectivity index (χ2n) is 5.43. The van der Waals surface area contributed by atoms with Gasteiger partial charge in [-0.05, 0) is 47.9 Å². The van der Waals surface area contributed by atoms with E-state index in [0.717, 1.165) is 5.56 Å². The van der Waals surface area contributed by atoms with Crippen LogP contribution in [0.4, 0.5) is 0 Å². The lowest BCUT2D eigenvalue weighted by Gasteiger charge is -2.07. The minimum atomic E-state index is -0.260. The van der Waals surface area contributed by atoms with Crippen molar-refractivity contribution >= 4 is 5.97 Å². The van der Waals surface area contributed by atoms with Crippen molar-refractivity contribution in [2.24, 2.45) is 0 Å². The van der Waals surface area contributed by atoms with E-state index in [-0.39, 0.29) is 5.97 Å². The average Bonchev–Trinajstić information content (AvgIpc) is 3.28. The van der Waals surface area contributed by atoms with Gasteiger partial charge < -0.3 is 4.74 Å². The van der Waals surface area contributed by atoms with Crippen LogP contribution in [0, 0.1) is 6.92 Å². The summed E-state index contributed by atoms with van der Waals surface area (Å²) >= 11 is 0. The molecule has 0 aromatic heterocycles. The van der Waals surface area contributed by atoms with E-state index < -0.39 is 0 Å². The van der Waals surface area contributed by atoms with E-state index in [1.54, 1.807) is 0 Å². The zero-order chi connectivity index (χ0) is 14.1. The molecule has 3 rings (SSSR count). The molecule has 1 aliphatic rings. The molecule has 0 N–H and O–H groups in total. The molecule has 2 atom stereocenters. The van der Waals surface area contributed by atoms with Crippen molar-refractivity contribution in [1.82, 2.24) is 0 Å². The molecule has 1 fully saturated rings. The van der Waals surface area contributed by atoms with E-state index in [1.165, 1.54) is 24.7 Å². The highest BCUT2D eigenvalue weighted by Gasteiger charge is 2.39. The summed E-state index contributed by atoms with van der Waals surface area (Å²) in [6.07, 6.45) is 1.20. The number of ether oxygens (including phenoxy) is 1. The van der Waals surface area contributed by atoms with Gasteiger partial charge in [-0.3, -0.25) is 0 Å². The predicted octanol–water partition coefficient (Wildman–Crippen LogP) is 4.05. The molecular weight excluding hydrogens is 248 g/mol. The number of hydrogen-bond acceptors (Lipinski definition) is 2. The highest BCUT2D eigenvalue weighted by Crippen LogP contribution is 2.54. The van der Waals surface area contributed by atoms with Crippen molar-refractivity contribution < 1.29 is 9.53 Å². The predicted molar refractivity (Wildman–Crippen MR) is 79.1 cm³/mol. The van der Waals surface area contributed by atoms with Gasteiger partial charge in [0.15, 0.2) is 0 Å². The molecule has 0 spiro atoms. The van der Waals surface area contributed by atoms with Crippen LogP contribution in [0.5, 0.6) is 0 Å². The molecule has 20 heavy (non-hydrogen) atoms. The molecule has 0 amide bonds. The fraction of sp³-hybridized carbons (Fsp3) is 0.278. The molecule has 1 saturated carbocycles. The van der Waals surface area contributed by atoms with Crippen molar-refractivity contribution in [2.75, 3.05) is 7.11 Å². The third-order valence-corrected chi connectivity index (χ3v) is 4.10. The molecule has 2 nitrogen and oxygen atoms in total. The quantitative estimate of drug-likeness (QED) is 0.783. The molecule has 0 saturated heterocycles. The number of benzene rings is 2. The van der Waals surface area contributed by atoms with Gasteiger partial charge in [-0.2, -0.15) is 0 Å². The molecule has 2 aromatic rings. The first-order valence-electron chi connectivity index (χ1n) is 6.94. The monoisotopic (exact) mass is 266 g/mol. The lowest BCUT2D eigenvalue weighted by atomic mass is 10.00. The Kier molecular flexibility index (Phi) is 3.31. The number of aryl methyl sites for hydroxylation is 1. The zero-order valence-electron chi connectivity index (χ0n) is 11.8. The molecule has 2 heteroatoms. The standard InChI is InChI=1S/C18H18O2/c1-12-10-14(8-9-15(12)18(19)20-2)17-11-16(17)13-6-4-3-5-7-13/h3-10,16-17H,11H2,1-2H3/t16-,17+/m1/s1. The Morgan fingerprint density at radius 3 is 2.40 bits per heavy atom. The molecule has 1 aliphatic carbocycles. The maximum atomic E-state index is 11.6. The van der Waals surface area contributed by atoms with E-state index in [1.807, 2.05) is 13.0 Å². The van der Waals surface area contributed by atoms with Gasteiger partial charge in [0.2, 0.25) is 0 Å². The zero-order valence-corrected chi connectivity index (χ0v) is 11.8. The van der Waals surface area contributed by atoms with Gasteiger partial charge in [-0.25, -0.2) is 4.79 Å². The first-order chi connectivity index (χ1) is 9.70. The van der Waals surface area contributed by atoms with E-state index >= 15 is 0 Å². The van der Waals surface area contributed by atoms with Crippen LogP contribution in [-0.2, 0) is 4.74 Å². The first-order valence-corrected chi connectivity index (χ1v) is 6.94. The lowest BCUT2D eigenvalue weighted by Crippen LogP contribution is -2.04. The third-order valence-electron chi connectivity index (χ3n) is 4.10. The summed E-state index contributed by atoms with van der Waals surface area (Å²) in [6.45, 7) is 1.97. The van der Waals surface area contributed by atoms with E-state index in [0.29, 0.717) is 17.4 Å². The fourth-order valence-corrected chi connectivity index (χ4v) is 2.89. The van der Waals surface area contributed by atoms with E-state index in [4.69, 9.17) is 4.74 Å². The molecule has 102 valence electrons. The van der Waals surface area contributed by atoms with Crippen LogP contribution in [0.3, 0.4) is 0 Å². The summed E-state index contributed by atoms with van der Waals surface area (Å²) in [7, 11) is 1.42. The van der Waals surface area contributed by atoms with Crippen LogP contribution in [0.25, 0.3) is 0 Å². The minimum Gasteiger partial charge on any atom is -0.465 e. The second kappa shape index (κ2) is 5.12. The summed E-state index contributed by atoms with van der Waals surface area (Å²) in [5.74, 6) is 0.951. The van der Waals surface area contributed by atoms with Crippen molar-refractivity contribution in [3.8, 4) is 0 Å². The Balaban J connectivity index is 1.80. The number of rotatable bonds is 3. The Morgan fingerprint density at radius 2 is 1.75 bits per heavy atom. The van der Waals surface area contributed by atoms with Crippen LogP contribution in [0.1, 0.15) is 45.3 Å². The topological polar surface area (TPSA) is 26.3 Å². The van der Waals surface area contributed by atoms with Gasteiger partial charge in [0.05, 0.1) is 12.7 Å². The second-order valence-corrected chi connectivity index (χ2v) is 5.43. The average molecular weight is 266 g/mol. The summed E-state index contributed by atoms with van der Waals surface area (Å²) in [4.78, 5) is 11.6. The van der Waals surface area contributed by atoms with E-state index in [2.05, 4.69) is 42.5 Å². The van der Waals surface area contributed by atoms with Crippen molar-refractivity contribution in [3.05, 3.63) is 70.8 Å². The normalized spacial score (nSPS) is 20.5. The van der Waals surface area contributed by atoms with Crippen molar-refractivity contribution in [1.29, 1.82) is 0 Å². The lowest BCUT2D eigenvalue weighted by molar-refractivity contribution is 0.0600. The minimum absolute atomic E-state index is 0.260. The Hall–Kier alpha value is -2.09. The Morgan fingerprint density at radius 1 is 1.05 bits per heavy atom. The number of carbonyl (C=O) groups excluding carboxylic acids is 1. The largest absolute Gasteiger partial charge is 0.465 e. The number of carbonyl (C=O) groups is 1. The van der Waals surface area contributed by atoms with Crippen LogP contribution in [0.15, 0.2) is 48.5 Å². The smallest absolute Gasteiger partial charge is 0.338 e. The number of hydrogen-bond donors (Lipinski definition) is 0. The first kappa shape index (κ1) is 12.9. The molecule has 0 bridgehead atoms. The van der Waals surface area contributed by atoms with Gasteiger partial charge in [-0.15, -0.1) is 0 Å². The van der Waals surface area contributed by atoms with Gasteiger partial charge in [0.25, 0.3) is 0 Å². The molecule has 0 radical (unpaired) electrons. The Bertz CT molecular complexity index is 631. The summed E-state index contributed by atoms with van der Waals surface area (Å²) in [5, 5.41) is 0. The Labute approximate surface area is 119 Å². The maximum Gasteiger partial charge on any atom is 0.338 e. The number of methoxy groups -OCH3 is 1. The van der Waals surface area contributed by atoms with Crippen molar-refractivity contribution in [3.63, 3.8) is 0 Å². The van der Waals surface area contributed by atoms with Crippen LogP contribution in [0.2, 0.25) is 0 Å². The molecule has 0 aliphatic heterocycles. The summed E-state index contributed by atoms with van der Waals surface area (Å²) in [5.41, 5.74) is 4.39. The molecule has 2 aromatic carbocycles. The van der Waals surface area contributed by atoms with E-state index in [9.17, 15) is 4.79 Å². The summed E-state index contributed by atoms with van der Waals surface area (Å²) < 4.78 is 4.78. The van der Waals surface area contributed by atoms with Crippen LogP contribution >= 0.6 is 0 Å². The highest BCUT2D eigenvalue weighted by molar-refractivity contribution is 5.91. The SMILES string of the molecule is COC(=O)c1ccc([C@@H]2C[C@@H]2c2ccccc2)cc1C. The van der Waals surface area contributed by atoms with Crippen molar-refractivity contribution in [2.45, 2.75) is 25.2 Å². The number of esters is 1. The van der Waals surface area contributed by atoms with Crippen LogP contribution < -0.4 is 0 Å². The maximum absolute atomic E-state index is 11.6. The molecule has 0 heterocycles. The third kappa shape index (κ3) is 2.34. The fourth-order valence-electron chi connectivity index (χ4n) is 2.89. The highest BCUT2D eigenvalue weighted by atomic mass is 16.5. The van der Waals surface area contributed by atoms with Gasteiger partial charge in [0, 0.05) is 0 Å². The van der Waals surface area contributed by atoms with Crippen LogP contribution in [-0.4, -0.2) is 13.1 Å².